The zero-order valence-corrected chi connectivity index (χ0v) is 25.0. The number of hydrogen-bond acceptors (Lipinski definition) is 3. The van der Waals surface area contributed by atoms with E-state index in [4.69, 9.17) is 9.40 Å². The fourth-order valence-corrected chi connectivity index (χ4v) is 6.59. The van der Waals surface area contributed by atoms with Gasteiger partial charge in [-0.15, -0.1) is 0 Å². The lowest BCUT2D eigenvalue weighted by Gasteiger charge is -2.26. The summed E-state index contributed by atoms with van der Waals surface area (Å²) in [4.78, 5) is 7.34. The normalized spacial score (nSPS) is 11.5. The van der Waals surface area contributed by atoms with Crippen LogP contribution < -0.4 is 4.90 Å². The van der Waals surface area contributed by atoms with Gasteiger partial charge in [-0.25, -0.2) is 4.98 Å². The molecule has 2 heterocycles. The van der Waals surface area contributed by atoms with Crippen LogP contribution in [0.4, 0.5) is 17.1 Å². The largest absolute Gasteiger partial charge is 0.454 e. The first-order chi connectivity index (χ1) is 22.8. The minimum Gasteiger partial charge on any atom is -0.454 e. The highest BCUT2D eigenvalue weighted by Gasteiger charge is 2.16. The Morgan fingerprint density at radius 2 is 1.11 bits per heavy atom. The Hall–Kier alpha value is -6.19. The van der Waals surface area contributed by atoms with Crippen molar-refractivity contribution < 1.29 is 4.42 Å². The highest BCUT2D eigenvalue weighted by Crippen LogP contribution is 2.40. The van der Waals surface area contributed by atoms with Crippen molar-refractivity contribution in [3.8, 4) is 22.3 Å². The molecule has 0 bridgehead atoms. The second-order valence-corrected chi connectivity index (χ2v) is 11.6. The summed E-state index contributed by atoms with van der Waals surface area (Å²) in [6.45, 7) is 0. The maximum absolute atomic E-state index is 6.20. The zero-order valence-electron chi connectivity index (χ0n) is 25.0. The summed E-state index contributed by atoms with van der Waals surface area (Å²) in [5.74, 6) is 0. The fourth-order valence-electron chi connectivity index (χ4n) is 6.59. The number of furan rings is 1. The van der Waals surface area contributed by atoms with Gasteiger partial charge in [0, 0.05) is 27.8 Å². The minimum absolute atomic E-state index is 0.794. The van der Waals surface area contributed by atoms with Crippen molar-refractivity contribution in [1.29, 1.82) is 0 Å². The number of hydrogen-bond donors (Lipinski definition) is 0. The molecule has 3 nitrogen and oxygen atoms in total. The van der Waals surface area contributed by atoms with Crippen LogP contribution in [0.1, 0.15) is 0 Å². The average molecular weight is 589 g/mol. The van der Waals surface area contributed by atoms with Crippen molar-refractivity contribution >= 4 is 60.8 Å². The Bertz CT molecular complexity index is 2530. The molecule has 9 aromatic rings. The van der Waals surface area contributed by atoms with Crippen LogP contribution in [0.2, 0.25) is 0 Å². The van der Waals surface area contributed by atoms with Crippen LogP contribution in [0, 0.1) is 0 Å². The summed E-state index contributed by atoms with van der Waals surface area (Å²) in [7, 11) is 0. The third kappa shape index (κ3) is 4.49. The Morgan fingerprint density at radius 3 is 2.00 bits per heavy atom. The van der Waals surface area contributed by atoms with E-state index in [2.05, 4.69) is 157 Å². The number of pyridine rings is 1. The second-order valence-electron chi connectivity index (χ2n) is 11.6. The monoisotopic (exact) mass is 588 g/mol. The fraction of sp³-hybridized carbons (Fsp3) is 0. The quantitative estimate of drug-likeness (QED) is 0.200. The molecule has 0 saturated heterocycles. The molecule has 0 aliphatic rings. The first-order valence-corrected chi connectivity index (χ1v) is 15.5. The van der Waals surface area contributed by atoms with Gasteiger partial charge in [0.2, 0.25) is 0 Å². The van der Waals surface area contributed by atoms with Gasteiger partial charge in [0.15, 0.2) is 5.58 Å². The van der Waals surface area contributed by atoms with Gasteiger partial charge in [0.25, 0.3) is 0 Å². The number of nitrogens with zero attached hydrogens (tertiary/aromatic N) is 2. The zero-order chi connectivity index (χ0) is 30.5. The Morgan fingerprint density at radius 1 is 0.413 bits per heavy atom. The number of aromatic nitrogens is 1. The highest BCUT2D eigenvalue weighted by molar-refractivity contribution is 6.06. The predicted molar refractivity (Wildman–Crippen MR) is 192 cm³/mol. The van der Waals surface area contributed by atoms with Gasteiger partial charge in [-0.1, -0.05) is 109 Å². The summed E-state index contributed by atoms with van der Waals surface area (Å²) in [6.07, 6.45) is 0. The molecule has 7 aromatic carbocycles. The van der Waals surface area contributed by atoms with Crippen molar-refractivity contribution in [3.05, 3.63) is 170 Å². The van der Waals surface area contributed by atoms with Gasteiger partial charge in [-0.2, -0.15) is 0 Å². The maximum Gasteiger partial charge on any atom is 0.154 e. The molecule has 9 rings (SSSR count). The molecule has 0 aliphatic carbocycles. The number of anilines is 3. The van der Waals surface area contributed by atoms with Crippen molar-refractivity contribution in [3.63, 3.8) is 0 Å². The van der Waals surface area contributed by atoms with Crippen LogP contribution in [0.3, 0.4) is 0 Å². The summed E-state index contributed by atoms with van der Waals surface area (Å²) in [5.41, 5.74) is 11.5. The first-order valence-electron chi connectivity index (χ1n) is 15.5. The van der Waals surface area contributed by atoms with Gasteiger partial charge in [-0.3, -0.25) is 0 Å². The Kier molecular flexibility index (Phi) is 6.14. The lowest BCUT2D eigenvalue weighted by molar-refractivity contribution is 0.669. The minimum atomic E-state index is 0.794. The molecular weight excluding hydrogens is 560 g/mol. The van der Waals surface area contributed by atoms with E-state index < -0.39 is 0 Å². The van der Waals surface area contributed by atoms with Crippen molar-refractivity contribution in [2.45, 2.75) is 0 Å². The molecule has 46 heavy (non-hydrogen) atoms. The van der Waals surface area contributed by atoms with Gasteiger partial charge < -0.3 is 9.32 Å². The van der Waals surface area contributed by atoms with Crippen LogP contribution >= 0.6 is 0 Å². The molecule has 0 N–H and O–H groups in total. The molecule has 216 valence electrons. The second kappa shape index (κ2) is 10.8. The van der Waals surface area contributed by atoms with E-state index in [1.54, 1.807) is 0 Å². The van der Waals surface area contributed by atoms with Gasteiger partial charge in [0.1, 0.15) is 11.1 Å². The van der Waals surface area contributed by atoms with Crippen molar-refractivity contribution in [2.75, 3.05) is 4.90 Å². The number of fused-ring (bicyclic) bond motifs is 5. The third-order valence-corrected chi connectivity index (χ3v) is 8.82. The van der Waals surface area contributed by atoms with E-state index in [0.29, 0.717) is 0 Å². The summed E-state index contributed by atoms with van der Waals surface area (Å²) in [5, 5.41) is 4.56. The third-order valence-electron chi connectivity index (χ3n) is 8.82. The molecule has 0 atom stereocenters. The van der Waals surface area contributed by atoms with E-state index in [9.17, 15) is 0 Å². The number of rotatable bonds is 5. The Labute approximate surface area is 266 Å². The molecule has 0 saturated carbocycles. The molecule has 0 amide bonds. The first kappa shape index (κ1) is 26.2. The van der Waals surface area contributed by atoms with E-state index in [-0.39, 0.29) is 0 Å². The Balaban J connectivity index is 1.20. The lowest BCUT2D eigenvalue weighted by atomic mass is 9.98. The van der Waals surface area contributed by atoms with Crippen LogP contribution in [0.25, 0.3) is 66.0 Å². The van der Waals surface area contributed by atoms with Gasteiger partial charge >= 0.3 is 0 Å². The van der Waals surface area contributed by atoms with Gasteiger partial charge in [0.05, 0.1) is 5.52 Å². The van der Waals surface area contributed by atoms with E-state index >= 15 is 0 Å². The van der Waals surface area contributed by atoms with Crippen molar-refractivity contribution in [1.82, 2.24) is 4.98 Å². The number of para-hydroxylation sites is 1. The molecule has 0 radical (unpaired) electrons. The summed E-state index contributed by atoms with van der Waals surface area (Å²) in [6, 6.07) is 59.9. The van der Waals surface area contributed by atoms with E-state index in [1.165, 1.54) is 33.0 Å². The van der Waals surface area contributed by atoms with Crippen LogP contribution in [0.15, 0.2) is 174 Å². The van der Waals surface area contributed by atoms with Crippen LogP contribution in [-0.4, -0.2) is 4.98 Å². The smallest absolute Gasteiger partial charge is 0.154 e. The van der Waals surface area contributed by atoms with E-state index in [1.807, 2.05) is 18.2 Å². The predicted octanol–water partition coefficient (Wildman–Crippen LogP) is 12.1. The molecule has 2 aromatic heterocycles. The SMILES string of the molecule is c1ccc(-c2cccc(N(c3ccc(-c4cccc5ccccc45)cc3)c3ccc4nc5c(cc4c3)oc3ccccc35)c2)cc1. The molecule has 0 unspecified atom stereocenters. The summed E-state index contributed by atoms with van der Waals surface area (Å²) >= 11 is 0. The van der Waals surface area contributed by atoms with Crippen LogP contribution in [-0.2, 0) is 0 Å². The van der Waals surface area contributed by atoms with Crippen LogP contribution in [0.5, 0.6) is 0 Å². The molecule has 3 heteroatoms. The molecule has 0 spiro atoms. The number of benzene rings is 7. The average Bonchev–Trinajstić information content (AvgIpc) is 3.48. The summed E-state index contributed by atoms with van der Waals surface area (Å²) < 4.78 is 6.20. The molecule has 0 fully saturated rings. The highest BCUT2D eigenvalue weighted by atomic mass is 16.3. The van der Waals surface area contributed by atoms with E-state index in [0.717, 1.165) is 50.0 Å². The van der Waals surface area contributed by atoms with Gasteiger partial charge in [-0.05, 0) is 93.7 Å². The molecule has 0 aliphatic heterocycles. The lowest BCUT2D eigenvalue weighted by Crippen LogP contribution is -2.10. The van der Waals surface area contributed by atoms with Crippen molar-refractivity contribution in [2.24, 2.45) is 0 Å². The molecular formula is C43H28N2O. The topological polar surface area (TPSA) is 29.3 Å². The maximum atomic E-state index is 6.20. The standard InChI is InChI=1S/C43H28N2O/c1-2-10-29(11-3-1)32-14-8-15-35(26-32)45(34-22-20-31(21-23-34)38-18-9-13-30-12-4-5-16-37(30)38)36-24-25-40-33(27-36)28-42-43(44-40)39-17-6-7-19-41(39)46-42/h1-28H.